The van der Waals surface area contributed by atoms with E-state index < -0.39 is 0 Å². The molecular weight excluding hydrogens is 252 g/mol. The molecule has 2 rings (SSSR count). The van der Waals surface area contributed by atoms with E-state index in [-0.39, 0.29) is 11.5 Å². The van der Waals surface area contributed by atoms with Crippen LogP contribution in [0.4, 0.5) is 0 Å². The SMILES string of the molecule is CCCNC(c1c[nH]c(C)cc1=O)c1nccn1CC. The Balaban J connectivity index is 2.44. The van der Waals surface area contributed by atoms with Gasteiger partial charge >= 0.3 is 0 Å². The summed E-state index contributed by atoms with van der Waals surface area (Å²) in [6.45, 7) is 7.74. The molecule has 1 atom stereocenters. The standard InChI is InChI=1S/C15H22N4O/c1-4-6-16-14(15-17-7-8-19(15)5-2)12-10-18-11(3)9-13(12)20/h7-10,14,16H,4-6H2,1-3H3,(H,18,20). The molecule has 2 heterocycles. The Hall–Kier alpha value is -1.88. The van der Waals surface area contributed by atoms with E-state index in [1.165, 1.54) is 0 Å². The maximum absolute atomic E-state index is 12.2. The van der Waals surface area contributed by atoms with Crippen molar-refractivity contribution in [2.75, 3.05) is 6.54 Å². The summed E-state index contributed by atoms with van der Waals surface area (Å²) in [6.07, 6.45) is 6.52. The normalized spacial score (nSPS) is 12.6. The maximum Gasteiger partial charge on any atom is 0.187 e. The Kier molecular flexibility index (Phi) is 4.74. The van der Waals surface area contributed by atoms with Crippen molar-refractivity contribution in [2.24, 2.45) is 0 Å². The van der Waals surface area contributed by atoms with Gasteiger partial charge in [0.1, 0.15) is 5.82 Å². The van der Waals surface area contributed by atoms with E-state index in [4.69, 9.17) is 0 Å². The largest absolute Gasteiger partial charge is 0.365 e. The topological polar surface area (TPSA) is 62.7 Å². The van der Waals surface area contributed by atoms with Gasteiger partial charge in [-0.3, -0.25) is 4.79 Å². The Morgan fingerprint density at radius 1 is 1.45 bits per heavy atom. The number of nitrogens with zero attached hydrogens (tertiary/aromatic N) is 2. The van der Waals surface area contributed by atoms with Crippen LogP contribution in [0.15, 0.2) is 29.5 Å². The summed E-state index contributed by atoms with van der Waals surface area (Å²) < 4.78 is 2.06. The summed E-state index contributed by atoms with van der Waals surface area (Å²) in [6, 6.07) is 1.46. The molecule has 2 aromatic rings. The fourth-order valence-electron chi connectivity index (χ4n) is 2.29. The molecule has 0 fully saturated rings. The highest BCUT2D eigenvalue weighted by atomic mass is 16.1. The van der Waals surface area contributed by atoms with Crippen LogP contribution in [0.25, 0.3) is 0 Å². The third kappa shape index (κ3) is 2.99. The molecule has 108 valence electrons. The van der Waals surface area contributed by atoms with Gasteiger partial charge in [0, 0.05) is 42.5 Å². The zero-order valence-electron chi connectivity index (χ0n) is 12.3. The quantitative estimate of drug-likeness (QED) is 0.846. The van der Waals surface area contributed by atoms with E-state index in [9.17, 15) is 4.79 Å². The molecule has 0 aliphatic heterocycles. The highest BCUT2D eigenvalue weighted by Crippen LogP contribution is 2.17. The molecule has 5 heteroatoms. The number of nitrogens with one attached hydrogen (secondary N) is 2. The zero-order valence-corrected chi connectivity index (χ0v) is 12.3. The minimum atomic E-state index is -0.172. The van der Waals surface area contributed by atoms with Gasteiger partial charge in [0.15, 0.2) is 5.43 Å². The molecule has 0 bridgehead atoms. The predicted octanol–water partition coefficient (Wildman–Crippen LogP) is 1.99. The van der Waals surface area contributed by atoms with Crippen LogP contribution in [0.1, 0.15) is 43.4 Å². The van der Waals surface area contributed by atoms with Gasteiger partial charge in [-0.15, -0.1) is 0 Å². The second kappa shape index (κ2) is 6.52. The van der Waals surface area contributed by atoms with Gasteiger partial charge in [-0.25, -0.2) is 4.98 Å². The van der Waals surface area contributed by atoms with E-state index >= 15 is 0 Å². The first-order valence-corrected chi connectivity index (χ1v) is 7.11. The van der Waals surface area contributed by atoms with Crippen molar-refractivity contribution in [2.45, 2.75) is 39.8 Å². The molecule has 0 saturated heterocycles. The van der Waals surface area contributed by atoms with Crippen LogP contribution in [0.3, 0.4) is 0 Å². The Morgan fingerprint density at radius 2 is 2.25 bits per heavy atom. The Labute approximate surface area is 119 Å². The second-order valence-electron chi connectivity index (χ2n) is 4.89. The van der Waals surface area contributed by atoms with Crippen molar-refractivity contribution < 1.29 is 0 Å². The molecular formula is C15H22N4O. The summed E-state index contributed by atoms with van der Waals surface area (Å²) in [5.74, 6) is 0.885. The van der Waals surface area contributed by atoms with E-state index in [1.54, 1.807) is 18.5 Å². The zero-order chi connectivity index (χ0) is 14.5. The number of imidazole rings is 1. The van der Waals surface area contributed by atoms with Gasteiger partial charge in [0.25, 0.3) is 0 Å². The average Bonchev–Trinajstić information content (AvgIpc) is 2.89. The first-order valence-electron chi connectivity index (χ1n) is 7.11. The van der Waals surface area contributed by atoms with Crippen molar-refractivity contribution in [1.29, 1.82) is 0 Å². The lowest BCUT2D eigenvalue weighted by atomic mass is 10.1. The molecule has 2 aromatic heterocycles. The number of aromatic amines is 1. The van der Waals surface area contributed by atoms with Crippen molar-refractivity contribution in [3.05, 3.63) is 52.0 Å². The van der Waals surface area contributed by atoms with Crippen molar-refractivity contribution in [1.82, 2.24) is 19.9 Å². The second-order valence-corrected chi connectivity index (χ2v) is 4.89. The molecule has 2 N–H and O–H groups in total. The highest BCUT2D eigenvalue weighted by molar-refractivity contribution is 5.24. The van der Waals surface area contributed by atoms with Crippen molar-refractivity contribution in [3.8, 4) is 0 Å². The smallest absolute Gasteiger partial charge is 0.187 e. The number of aromatic nitrogens is 3. The molecule has 0 aliphatic rings. The average molecular weight is 274 g/mol. The lowest BCUT2D eigenvalue weighted by Crippen LogP contribution is -2.30. The third-order valence-electron chi connectivity index (χ3n) is 3.34. The fourth-order valence-corrected chi connectivity index (χ4v) is 2.29. The first kappa shape index (κ1) is 14.5. The van der Waals surface area contributed by atoms with E-state index in [0.29, 0.717) is 5.56 Å². The third-order valence-corrected chi connectivity index (χ3v) is 3.34. The summed E-state index contributed by atoms with van der Waals surface area (Å²) in [7, 11) is 0. The molecule has 1 unspecified atom stereocenters. The number of pyridine rings is 1. The Morgan fingerprint density at radius 3 is 2.90 bits per heavy atom. The molecule has 0 aromatic carbocycles. The van der Waals surface area contributed by atoms with Crippen LogP contribution in [-0.2, 0) is 6.54 Å². The summed E-state index contributed by atoms with van der Waals surface area (Å²) in [4.78, 5) is 19.8. The van der Waals surface area contributed by atoms with Crippen LogP contribution < -0.4 is 10.7 Å². The summed E-state index contributed by atoms with van der Waals surface area (Å²) >= 11 is 0. The van der Waals surface area contributed by atoms with Gasteiger partial charge in [-0.2, -0.15) is 0 Å². The van der Waals surface area contributed by atoms with Gasteiger partial charge in [-0.05, 0) is 26.8 Å². The fraction of sp³-hybridized carbons (Fsp3) is 0.467. The number of rotatable bonds is 6. The van der Waals surface area contributed by atoms with Crippen LogP contribution >= 0.6 is 0 Å². The van der Waals surface area contributed by atoms with E-state index in [1.807, 2.05) is 13.1 Å². The molecule has 0 radical (unpaired) electrons. The molecule has 0 saturated carbocycles. The van der Waals surface area contributed by atoms with Gasteiger partial charge in [-0.1, -0.05) is 6.92 Å². The molecule has 0 spiro atoms. The number of hydrogen-bond acceptors (Lipinski definition) is 3. The number of aryl methyl sites for hydroxylation is 2. The minimum absolute atomic E-state index is 0.0421. The maximum atomic E-state index is 12.2. The number of H-pyrrole nitrogens is 1. The van der Waals surface area contributed by atoms with Crippen LogP contribution in [0, 0.1) is 6.92 Å². The van der Waals surface area contributed by atoms with Gasteiger partial charge in [0.2, 0.25) is 0 Å². The highest BCUT2D eigenvalue weighted by Gasteiger charge is 2.20. The van der Waals surface area contributed by atoms with Gasteiger partial charge in [0.05, 0.1) is 6.04 Å². The van der Waals surface area contributed by atoms with E-state index in [0.717, 1.165) is 31.0 Å². The molecule has 0 aliphatic carbocycles. The lowest BCUT2D eigenvalue weighted by molar-refractivity contribution is 0.538. The van der Waals surface area contributed by atoms with Crippen LogP contribution in [-0.4, -0.2) is 21.1 Å². The number of hydrogen-bond donors (Lipinski definition) is 2. The molecule has 0 amide bonds. The monoisotopic (exact) mass is 274 g/mol. The van der Waals surface area contributed by atoms with Crippen LogP contribution in [0.5, 0.6) is 0 Å². The molecule has 5 nitrogen and oxygen atoms in total. The van der Waals surface area contributed by atoms with Crippen molar-refractivity contribution >= 4 is 0 Å². The summed E-state index contributed by atoms with van der Waals surface area (Å²) in [5, 5.41) is 3.42. The van der Waals surface area contributed by atoms with Crippen molar-refractivity contribution in [3.63, 3.8) is 0 Å². The molecule has 20 heavy (non-hydrogen) atoms. The first-order chi connectivity index (χ1) is 9.67. The van der Waals surface area contributed by atoms with Crippen LogP contribution in [0.2, 0.25) is 0 Å². The summed E-state index contributed by atoms with van der Waals surface area (Å²) in [5.41, 5.74) is 1.62. The lowest BCUT2D eigenvalue weighted by Gasteiger charge is -2.19. The predicted molar refractivity (Wildman–Crippen MR) is 79.8 cm³/mol. The van der Waals surface area contributed by atoms with E-state index in [2.05, 4.69) is 33.7 Å². The Bertz CT molecular complexity index is 614. The minimum Gasteiger partial charge on any atom is -0.365 e. The van der Waals surface area contributed by atoms with Gasteiger partial charge < -0.3 is 14.9 Å².